The highest BCUT2D eigenvalue weighted by atomic mass is 19.4. The number of halogens is 4. The second-order valence-corrected chi connectivity index (χ2v) is 7.36. The van der Waals surface area contributed by atoms with E-state index in [9.17, 15) is 22.4 Å². The third kappa shape index (κ3) is 5.13. The molecule has 0 radical (unpaired) electrons. The molecule has 2 heterocycles. The molecule has 172 valence electrons. The van der Waals surface area contributed by atoms with Crippen LogP contribution in [-0.4, -0.2) is 47.2 Å². The van der Waals surface area contributed by atoms with Crippen LogP contribution in [0.3, 0.4) is 0 Å². The molecule has 1 aliphatic rings. The van der Waals surface area contributed by atoms with E-state index >= 15 is 0 Å². The number of carbonyl (C=O) groups is 1. The molecule has 2 aromatic carbocycles. The van der Waals surface area contributed by atoms with Gasteiger partial charge in [-0.15, -0.1) is 10.2 Å². The Bertz CT molecular complexity index is 1130. The van der Waals surface area contributed by atoms with Gasteiger partial charge >= 0.3 is 6.18 Å². The summed E-state index contributed by atoms with van der Waals surface area (Å²) in [7, 11) is 0. The molecule has 3 aromatic rings. The standard InChI is InChI=1S/C22H19F4N5O2/c23-18-13-16(5-6-17(18)22(24,25)26)33-15-3-1-14(2-4-15)21(32)31-11-9-30(10-12-31)20-8-7-19(27)28-29-20/h1-8,13H,9-12H2,(H2,27,28). The van der Waals surface area contributed by atoms with E-state index in [0.29, 0.717) is 55.5 Å². The molecule has 0 aliphatic carbocycles. The van der Waals surface area contributed by atoms with E-state index in [2.05, 4.69) is 10.2 Å². The number of aromatic nitrogens is 2. The highest BCUT2D eigenvalue weighted by molar-refractivity contribution is 5.94. The number of amides is 1. The molecule has 0 atom stereocenters. The van der Waals surface area contributed by atoms with E-state index in [1.807, 2.05) is 4.90 Å². The predicted octanol–water partition coefficient (Wildman–Crippen LogP) is 3.97. The van der Waals surface area contributed by atoms with Crippen molar-refractivity contribution in [1.82, 2.24) is 15.1 Å². The normalized spacial score (nSPS) is 14.3. The Morgan fingerprint density at radius 2 is 1.58 bits per heavy atom. The summed E-state index contributed by atoms with van der Waals surface area (Å²) >= 11 is 0. The molecule has 2 N–H and O–H groups in total. The van der Waals surface area contributed by atoms with Crippen LogP contribution in [0.4, 0.5) is 29.2 Å². The summed E-state index contributed by atoms with van der Waals surface area (Å²) in [5, 5.41) is 7.89. The first-order chi connectivity index (χ1) is 15.7. The van der Waals surface area contributed by atoms with Crippen molar-refractivity contribution in [1.29, 1.82) is 0 Å². The number of hydrogen-bond donors (Lipinski definition) is 1. The van der Waals surface area contributed by atoms with Gasteiger partial charge in [-0.2, -0.15) is 13.2 Å². The van der Waals surface area contributed by atoms with E-state index in [4.69, 9.17) is 10.5 Å². The fourth-order valence-corrected chi connectivity index (χ4v) is 3.42. The summed E-state index contributed by atoms with van der Waals surface area (Å²) < 4.78 is 57.1. The summed E-state index contributed by atoms with van der Waals surface area (Å²) in [6.45, 7) is 2.16. The number of benzene rings is 2. The summed E-state index contributed by atoms with van der Waals surface area (Å²) in [6.07, 6.45) is -4.78. The van der Waals surface area contributed by atoms with Gasteiger partial charge in [0.2, 0.25) is 0 Å². The SMILES string of the molecule is Nc1ccc(N2CCN(C(=O)c3ccc(Oc4ccc(C(F)(F)F)c(F)c4)cc3)CC2)nn1. The highest BCUT2D eigenvalue weighted by Gasteiger charge is 2.34. The molecule has 1 aliphatic heterocycles. The fraction of sp³-hybridized carbons (Fsp3) is 0.227. The average molecular weight is 461 g/mol. The van der Waals surface area contributed by atoms with E-state index in [-0.39, 0.29) is 17.4 Å². The minimum absolute atomic E-state index is 0.0820. The zero-order valence-corrected chi connectivity index (χ0v) is 17.2. The Morgan fingerprint density at radius 1 is 0.909 bits per heavy atom. The molecule has 1 aromatic heterocycles. The molecule has 33 heavy (non-hydrogen) atoms. The second-order valence-electron chi connectivity index (χ2n) is 7.36. The van der Waals surface area contributed by atoms with Crippen LogP contribution in [0.5, 0.6) is 11.5 Å². The van der Waals surface area contributed by atoms with Crippen molar-refractivity contribution in [3.8, 4) is 11.5 Å². The number of alkyl halides is 3. The number of anilines is 2. The van der Waals surface area contributed by atoms with Gasteiger partial charge in [0.1, 0.15) is 23.1 Å². The van der Waals surface area contributed by atoms with Crippen LogP contribution < -0.4 is 15.4 Å². The Morgan fingerprint density at radius 3 is 2.15 bits per heavy atom. The van der Waals surface area contributed by atoms with Crippen molar-refractivity contribution in [2.75, 3.05) is 36.8 Å². The van der Waals surface area contributed by atoms with Crippen LogP contribution in [0.15, 0.2) is 54.6 Å². The summed E-state index contributed by atoms with van der Waals surface area (Å²) in [5.74, 6) is -0.374. The molecule has 0 unspecified atom stereocenters. The Labute approximate surface area is 186 Å². The summed E-state index contributed by atoms with van der Waals surface area (Å²) in [5.41, 5.74) is 4.62. The van der Waals surface area contributed by atoms with E-state index < -0.39 is 17.6 Å². The van der Waals surface area contributed by atoms with Crippen molar-refractivity contribution >= 4 is 17.5 Å². The lowest BCUT2D eigenvalue weighted by Crippen LogP contribution is -2.49. The molecular weight excluding hydrogens is 442 g/mol. The van der Waals surface area contributed by atoms with Crippen LogP contribution >= 0.6 is 0 Å². The first kappa shape index (κ1) is 22.3. The summed E-state index contributed by atoms with van der Waals surface area (Å²) in [6, 6.07) is 11.9. The largest absolute Gasteiger partial charge is 0.457 e. The van der Waals surface area contributed by atoms with E-state index in [0.717, 1.165) is 6.07 Å². The van der Waals surface area contributed by atoms with Crippen LogP contribution in [0.2, 0.25) is 0 Å². The quantitative estimate of drug-likeness (QED) is 0.592. The van der Waals surface area contributed by atoms with Gasteiger partial charge in [-0.1, -0.05) is 0 Å². The highest BCUT2D eigenvalue weighted by Crippen LogP contribution is 2.34. The Hall–Kier alpha value is -3.89. The van der Waals surface area contributed by atoms with Crippen LogP contribution in [-0.2, 0) is 6.18 Å². The zero-order valence-electron chi connectivity index (χ0n) is 17.2. The first-order valence-electron chi connectivity index (χ1n) is 9.99. The lowest BCUT2D eigenvalue weighted by atomic mass is 10.1. The van der Waals surface area contributed by atoms with Gasteiger partial charge in [0, 0.05) is 37.8 Å². The van der Waals surface area contributed by atoms with Crippen molar-refractivity contribution < 1.29 is 27.1 Å². The maximum Gasteiger partial charge on any atom is 0.419 e. The number of hydrogen-bond acceptors (Lipinski definition) is 6. The maximum absolute atomic E-state index is 13.7. The van der Waals surface area contributed by atoms with Gasteiger partial charge in [0.25, 0.3) is 5.91 Å². The van der Waals surface area contributed by atoms with Gasteiger partial charge in [0.05, 0.1) is 5.56 Å². The maximum atomic E-state index is 13.7. The third-order valence-corrected chi connectivity index (χ3v) is 5.14. The Balaban J connectivity index is 1.36. The lowest BCUT2D eigenvalue weighted by molar-refractivity contribution is -0.140. The van der Waals surface area contributed by atoms with Gasteiger partial charge < -0.3 is 20.3 Å². The molecule has 11 heteroatoms. The van der Waals surface area contributed by atoms with Gasteiger partial charge in [-0.3, -0.25) is 4.79 Å². The molecule has 1 fully saturated rings. The van der Waals surface area contributed by atoms with Crippen molar-refractivity contribution in [2.24, 2.45) is 0 Å². The number of piperazine rings is 1. The van der Waals surface area contributed by atoms with Gasteiger partial charge in [0.15, 0.2) is 5.82 Å². The smallest absolute Gasteiger partial charge is 0.419 e. The number of ether oxygens (including phenoxy) is 1. The van der Waals surface area contributed by atoms with Crippen molar-refractivity contribution in [3.63, 3.8) is 0 Å². The van der Waals surface area contributed by atoms with E-state index in [1.54, 1.807) is 29.2 Å². The molecule has 1 saturated heterocycles. The first-order valence-corrected chi connectivity index (χ1v) is 9.99. The molecule has 4 rings (SSSR count). The number of carbonyl (C=O) groups excluding carboxylic acids is 1. The van der Waals surface area contributed by atoms with Crippen molar-refractivity contribution in [2.45, 2.75) is 6.18 Å². The predicted molar refractivity (Wildman–Crippen MR) is 112 cm³/mol. The monoisotopic (exact) mass is 461 g/mol. The average Bonchev–Trinajstić information content (AvgIpc) is 2.79. The fourth-order valence-electron chi connectivity index (χ4n) is 3.42. The van der Waals surface area contributed by atoms with E-state index in [1.165, 1.54) is 12.1 Å². The van der Waals surface area contributed by atoms with Gasteiger partial charge in [-0.05, 0) is 48.5 Å². The molecule has 0 saturated carbocycles. The number of rotatable bonds is 4. The number of nitrogen functional groups attached to an aromatic ring is 1. The van der Waals surface area contributed by atoms with Crippen LogP contribution in [0.1, 0.15) is 15.9 Å². The van der Waals surface area contributed by atoms with Crippen LogP contribution in [0, 0.1) is 5.82 Å². The van der Waals surface area contributed by atoms with Gasteiger partial charge in [-0.25, -0.2) is 4.39 Å². The third-order valence-electron chi connectivity index (χ3n) is 5.14. The topological polar surface area (TPSA) is 84.6 Å². The molecular formula is C22H19F4N5O2. The zero-order chi connectivity index (χ0) is 23.6. The molecule has 7 nitrogen and oxygen atoms in total. The van der Waals surface area contributed by atoms with Crippen molar-refractivity contribution in [3.05, 3.63) is 71.5 Å². The molecule has 1 amide bonds. The number of nitrogens with two attached hydrogens (primary N) is 1. The minimum Gasteiger partial charge on any atom is -0.457 e. The lowest BCUT2D eigenvalue weighted by Gasteiger charge is -2.35. The minimum atomic E-state index is -4.78. The second kappa shape index (κ2) is 8.93. The molecule has 0 bridgehead atoms. The Kier molecular flexibility index (Phi) is 6.03. The van der Waals surface area contributed by atoms with Crippen LogP contribution in [0.25, 0.3) is 0 Å². The molecule has 0 spiro atoms. The number of nitrogens with zero attached hydrogens (tertiary/aromatic N) is 4. The summed E-state index contributed by atoms with van der Waals surface area (Å²) in [4.78, 5) is 16.5.